The zero-order valence-corrected chi connectivity index (χ0v) is 19.7. The molecule has 0 spiro atoms. The van der Waals surface area contributed by atoms with Gasteiger partial charge in [0.1, 0.15) is 0 Å². The number of hydrogen-bond acceptors (Lipinski definition) is 4. The number of carbonyl (C=O) groups is 2. The number of nitrogens with zero attached hydrogens (tertiary/aromatic N) is 1. The van der Waals surface area contributed by atoms with Gasteiger partial charge in [-0.05, 0) is 43.7 Å². The molecule has 172 valence electrons. The van der Waals surface area contributed by atoms with Crippen molar-refractivity contribution in [3.8, 4) is 0 Å². The minimum Gasteiger partial charge on any atom is -0.354 e. The molecule has 0 heterocycles. The highest BCUT2D eigenvalue weighted by molar-refractivity contribution is 7.92. The van der Waals surface area contributed by atoms with E-state index < -0.39 is 15.9 Å². The standard InChI is InChI=1S/C23H28ClN3O4S/c1-4-15-27(21-12-7-6-11-20(21)24)32(30,31)19-10-8-9-18(16-19)23(29)25-14-13-22(28)26-17(3)5-2/h4,6-12,16-17H,1,5,13-15H2,2-3H3,(H,25,29)(H,26,28). The van der Waals surface area contributed by atoms with E-state index in [0.29, 0.717) is 5.69 Å². The summed E-state index contributed by atoms with van der Waals surface area (Å²) in [5.74, 6) is -0.623. The number of hydrogen-bond donors (Lipinski definition) is 2. The van der Waals surface area contributed by atoms with Crippen molar-refractivity contribution >= 4 is 39.1 Å². The zero-order valence-electron chi connectivity index (χ0n) is 18.2. The quantitative estimate of drug-likeness (QED) is 0.482. The van der Waals surface area contributed by atoms with Crippen molar-refractivity contribution in [1.82, 2.24) is 10.6 Å². The van der Waals surface area contributed by atoms with E-state index in [0.717, 1.165) is 10.7 Å². The van der Waals surface area contributed by atoms with Gasteiger partial charge in [0.2, 0.25) is 5.91 Å². The fourth-order valence-corrected chi connectivity index (χ4v) is 4.65. The van der Waals surface area contributed by atoms with Gasteiger partial charge in [-0.3, -0.25) is 13.9 Å². The predicted octanol–water partition coefficient (Wildman–Crippen LogP) is 3.76. The SMILES string of the molecule is C=CCN(c1ccccc1Cl)S(=O)(=O)c1cccc(C(=O)NCCC(=O)NC(C)CC)c1. The number of sulfonamides is 1. The fourth-order valence-electron chi connectivity index (χ4n) is 2.86. The van der Waals surface area contributed by atoms with Gasteiger partial charge in [0.15, 0.2) is 0 Å². The molecule has 0 saturated heterocycles. The van der Waals surface area contributed by atoms with E-state index in [9.17, 15) is 18.0 Å². The Balaban J connectivity index is 2.18. The Morgan fingerprint density at radius 3 is 2.56 bits per heavy atom. The van der Waals surface area contributed by atoms with Crippen molar-refractivity contribution in [2.45, 2.75) is 37.6 Å². The van der Waals surface area contributed by atoms with E-state index in [4.69, 9.17) is 11.6 Å². The van der Waals surface area contributed by atoms with Gasteiger partial charge in [-0.15, -0.1) is 6.58 Å². The van der Waals surface area contributed by atoms with Crippen LogP contribution in [-0.2, 0) is 14.8 Å². The van der Waals surface area contributed by atoms with E-state index in [2.05, 4.69) is 17.2 Å². The van der Waals surface area contributed by atoms with Crippen molar-refractivity contribution in [2.24, 2.45) is 0 Å². The first kappa shape index (κ1) is 25.4. The molecule has 0 aliphatic heterocycles. The van der Waals surface area contributed by atoms with E-state index >= 15 is 0 Å². The van der Waals surface area contributed by atoms with Gasteiger partial charge in [-0.25, -0.2) is 8.42 Å². The predicted molar refractivity (Wildman–Crippen MR) is 127 cm³/mol. The van der Waals surface area contributed by atoms with Crippen LogP contribution in [0.1, 0.15) is 37.0 Å². The number of nitrogens with one attached hydrogen (secondary N) is 2. The van der Waals surface area contributed by atoms with Crippen molar-refractivity contribution < 1.29 is 18.0 Å². The lowest BCUT2D eigenvalue weighted by Gasteiger charge is -2.24. The van der Waals surface area contributed by atoms with Gasteiger partial charge >= 0.3 is 0 Å². The molecule has 32 heavy (non-hydrogen) atoms. The molecule has 7 nitrogen and oxygen atoms in total. The molecule has 9 heteroatoms. The van der Waals surface area contributed by atoms with Crippen LogP contribution in [0.4, 0.5) is 5.69 Å². The third-order valence-corrected chi connectivity index (χ3v) is 6.85. The topological polar surface area (TPSA) is 95.6 Å². The van der Waals surface area contributed by atoms with Crippen LogP contribution in [0.5, 0.6) is 0 Å². The van der Waals surface area contributed by atoms with Crippen molar-refractivity contribution in [1.29, 1.82) is 0 Å². The molecule has 0 aliphatic carbocycles. The smallest absolute Gasteiger partial charge is 0.264 e. The molecule has 2 aromatic rings. The maximum Gasteiger partial charge on any atom is 0.264 e. The Morgan fingerprint density at radius 2 is 1.91 bits per heavy atom. The number of anilines is 1. The Hall–Kier alpha value is -2.84. The second kappa shape index (κ2) is 11.7. The molecule has 1 unspecified atom stereocenters. The Kier molecular flexibility index (Phi) is 9.28. The monoisotopic (exact) mass is 477 g/mol. The molecule has 0 aromatic heterocycles. The summed E-state index contributed by atoms with van der Waals surface area (Å²) in [4.78, 5) is 24.3. The summed E-state index contributed by atoms with van der Waals surface area (Å²) >= 11 is 6.22. The van der Waals surface area contributed by atoms with Crippen LogP contribution in [0.3, 0.4) is 0 Å². The highest BCUT2D eigenvalue weighted by atomic mass is 35.5. The lowest BCUT2D eigenvalue weighted by molar-refractivity contribution is -0.121. The summed E-state index contributed by atoms with van der Waals surface area (Å²) in [6, 6.07) is 12.4. The maximum absolute atomic E-state index is 13.3. The first-order valence-electron chi connectivity index (χ1n) is 10.3. The van der Waals surface area contributed by atoms with Gasteiger partial charge in [0.25, 0.3) is 15.9 Å². The van der Waals surface area contributed by atoms with E-state index in [1.165, 1.54) is 30.3 Å². The van der Waals surface area contributed by atoms with Gasteiger partial charge in [0.05, 0.1) is 22.2 Å². The number of para-hydroxylation sites is 1. The molecule has 0 fully saturated rings. The number of halogens is 1. The molecular weight excluding hydrogens is 450 g/mol. The summed E-state index contributed by atoms with van der Waals surface area (Å²) in [5, 5.41) is 5.75. The second-order valence-electron chi connectivity index (χ2n) is 7.19. The lowest BCUT2D eigenvalue weighted by atomic mass is 10.2. The third-order valence-electron chi connectivity index (χ3n) is 4.76. The average molecular weight is 478 g/mol. The normalized spacial score (nSPS) is 12.0. The molecule has 2 rings (SSSR count). The third kappa shape index (κ3) is 6.58. The van der Waals surface area contributed by atoms with Crippen LogP contribution < -0.4 is 14.9 Å². The van der Waals surface area contributed by atoms with Crippen LogP contribution >= 0.6 is 11.6 Å². The number of benzene rings is 2. The Labute approximate surface area is 194 Å². The molecule has 2 aromatic carbocycles. The average Bonchev–Trinajstić information content (AvgIpc) is 2.77. The number of amides is 2. The van der Waals surface area contributed by atoms with Crippen LogP contribution in [0.15, 0.2) is 66.1 Å². The van der Waals surface area contributed by atoms with Crippen LogP contribution in [0.2, 0.25) is 5.02 Å². The summed E-state index contributed by atoms with van der Waals surface area (Å²) in [5.41, 5.74) is 0.488. The van der Waals surface area contributed by atoms with Gasteiger partial charge < -0.3 is 10.6 Å². The zero-order chi connectivity index (χ0) is 23.7. The molecular formula is C23H28ClN3O4S. The van der Waals surface area contributed by atoms with E-state index in [-0.39, 0.29) is 46.9 Å². The Bertz CT molecular complexity index is 1070. The molecule has 0 saturated carbocycles. The molecule has 2 N–H and O–H groups in total. The Morgan fingerprint density at radius 1 is 1.19 bits per heavy atom. The fraction of sp³-hybridized carbons (Fsp3) is 0.304. The summed E-state index contributed by atoms with van der Waals surface area (Å²) < 4.78 is 27.8. The van der Waals surface area contributed by atoms with Crippen LogP contribution in [0.25, 0.3) is 0 Å². The largest absolute Gasteiger partial charge is 0.354 e. The minimum atomic E-state index is -4.01. The number of carbonyl (C=O) groups excluding carboxylic acids is 2. The highest BCUT2D eigenvalue weighted by Gasteiger charge is 2.26. The van der Waals surface area contributed by atoms with Crippen LogP contribution in [0, 0.1) is 0 Å². The van der Waals surface area contributed by atoms with Crippen molar-refractivity contribution in [3.05, 3.63) is 71.8 Å². The van der Waals surface area contributed by atoms with Crippen molar-refractivity contribution in [2.75, 3.05) is 17.4 Å². The summed E-state index contributed by atoms with van der Waals surface area (Å²) in [7, 11) is -4.01. The molecule has 0 radical (unpaired) electrons. The summed E-state index contributed by atoms with van der Waals surface area (Å²) in [6.07, 6.45) is 2.41. The summed E-state index contributed by atoms with van der Waals surface area (Å²) in [6.45, 7) is 7.65. The molecule has 2 amide bonds. The van der Waals surface area contributed by atoms with Crippen LogP contribution in [-0.4, -0.2) is 39.4 Å². The van der Waals surface area contributed by atoms with Gasteiger partial charge in [0, 0.05) is 24.6 Å². The minimum absolute atomic E-state index is 0.00772. The first-order valence-corrected chi connectivity index (χ1v) is 12.1. The molecule has 1 atom stereocenters. The van der Waals surface area contributed by atoms with Gasteiger partial charge in [-0.1, -0.05) is 42.8 Å². The highest BCUT2D eigenvalue weighted by Crippen LogP contribution is 2.30. The van der Waals surface area contributed by atoms with E-state index in [1.807, 2.05) is 13.8 Å². The van der Waals surface area contributed by atoms with E-state index in [1.54, 1.807) is 24.3 Å². The second-order valence-corrected chi connectivity index (χ2v) is 9.46. The molecule has 0 aliphatic rings. The van der Waals surface area contributed by atoms with Crippen molar-refractivity contribution in [3.63, 3.8) is 0 Å². The molecule has 0 bridgehead atoms. The van der Waals surface area contributed by atoms with Gasteiger partial charge in [-0.2, -0.15) is 0 Å². The number of rotatable bonds is 11. The maximum atomic E-state index is 13.3. The lowest BCUT2D eigenvalue weighted by Crippen LogP contribution is -2.35. The first-order chi connectivity index (χ1) is 15.2.